The van der Waals surface area contributed by atoms with Gasteiger partial charge in [-0.2, -0.15) is 0 Å². The molecule has 0 aromatic heterocycles. The second kappa shape index (κ2) is 5.21. The molecule has 0 spiro atoms. The van der Waals surface area contributed by atoms with Gasteiger partial charge in [-0.1, -0.05) is 18.2 Å². The molecule has 0 heterocycles. The molecule has 1 N–H and O–H groups in total. The molecule has 2 rings (SSSR count). The van der Waals surface area contributed by atoms with Crippen molar-refractivity contribution < 1.29 is 9.59 Å². The summed E-state index contributed by atoms with van der Waals surface area (Å²) < 4.78 is 0. The highest BCUT2D eigenvalue weighted by molar-refractivity contribution is 5.94. The lowest BCUT2D eigenvalue weighted by Gasteiger charge is -2.17. The third kappa shape index (κ3) is 3.09. The second-order valence-electron chi connectivity index (χ2n) is 4.80. The number of carbonyl (C=O) groups is 2. The van der Waals surface area contributed by atoms with E-state index in [0.717, 1.165) is 24.1 Å². The minimum atomic E-state index is 0.0123. The van der Waals surface area contributed by atoms with Crippen LogP contribution < -0.4 is 5.32 Å². The third-order valence-corrected chi connectivity index (χ3v) is 3.17. The molecule has 1 aliphatic carbocycles. The van der Waals surface area contributed by atoms with Gasteiger partial charge in [-0.05, 0) is 24.5 Å². The number of carbonyl (C=O) groups excluding carboxylic acids is 2. The van der Waals surface area contributed by atoms with Crippen LogP contribution in [-0.2, 0) is 16.1 Å². The molecule has 0 aliphatic heterocycles. The zero-order chi connectivity index (χ0) is 13.1. The van der Waals surface area contributed by atoms with Crippen molar-refractivity contribution in [1.82, 2.24) is 4.90 Å². The molecule has 96 valence electrons. The van der Waals surface area contributed by atoms with Crippen LogP contribution in [0.5, 0.6) is 0 Å². The predicted molar refractivity (Wildman–Crippen MR) is 69.9 cm³/mol. The lowest BCUT2D eigenvalue weighted by Crippen LogP contribution is -2.24. The van der Waals surface area contributed by atoms with E-state index in [1.165, 1.54) is 6.92 Å². The summed E-state index contributed by atoms with van der Waals surface area (Å²) in [5.74, 6) is 0.287. The highest BCUT2D eigenvalue weighted by Crippen LogP contribution is 2.30. The van der Waals surface area contributed by atoms with Gasteiger partial charge in [0, 0.05) is 32.1 Å². The van der Waals surface area contributed by atoms with Crippen molar-refractivity contribution in [2.45, 2.75) is 26.3 Å². The summed E-state index contributed by atoms with van der Waals surface area (Å²) in [5.41, 5.74) is 1.77. The topological polar surface area (TPSA) is 49.4 Å². The van der Waals surface area contributed by atoms with Crippen molar-refractivity contribution in [2.24, 2.45) is 5.92 Å². The Kier molecular flexibility index (Phi) is 3.65. The highest BCUT2D eigenvalue weighted by Gasteiger charge is 2.29. The molecule has 1 aliphatic rings. The summed E-state index contributed by atoms with van der Waals surface area (Å²) in [7, 11) is 1.75. The maximum Gasteiger partial charge on any atom is 0.227 e. The van der Waals surface area contributed by atoms with Gasteiger partial charge in [-0.3, -0.25) is 9.59 Å². The molecule has 1 aromatic carbocycles. The maximum absolute atomic E-state index is 11.8. The Balaban J connectivity index is 2.09. The molecule has 0 unspecified atom stereocenters. The number of benzene rings is 1. The van der Waals surface area contributed by atoms with E-state index >= 15 is 0 Å². The molecule has 2 amide bonds. The number of nitrogens with one attached hydrogen (secondary N) is 1. The lowest BCUT2D eigenvalue weighted by atomic mass is 10.1. The Hall–Kier alpha value is -1.84. The van der Waals surface area contributed by atoms with Crippen LogP contribution in [0.1, 0.15) is 25.3 Å². The molecule has 0 atom stereocenters. The van der Waals surface area contributed by atoms with E-state index in [0.29, 0.717) is 6.54 Å². The number of anilines is 1. The lowest BCUT2D eigenvalue weighted by molar-refractivity contribution is -0.128. The third-order valence-electron chi connectivity index (χ3n) is 3.17. The molecule has 4 heteroatoms. The molecule has 0 saturated heterocycles. The zero-order valence-electron chi connectivity index (χ0n) is 10.8. The molecule has 1 fully saturated rings. The van der Waals surface area contributed by atoms with Crippen LogP contribution in [0.15, 0.2) is 24.3 Å². The summed E-state index contributed by atoms with van der Waals surface area (Å²) >= 11 is 0. The average Bonchev–Trinajstić information content (AvgIpc) is 3.15. The SMILES string of the molecule is CC(=O)N(C)Cc1ccccc1NC(=O)C1CC1. The first-order chi connectivity index (χ1) is 8.58. The van der Waals surface area contributed by atoms with Crippen molar-refractivity contribution in [3.63, 3.8) is 0 Å². The van der Waals surface area contributed by atoms with Gasteiger partial charge >= 0.3 is 0 Å². The van der Waals surface area contributed by atoms with Gasteiger partial charge in [0.15, 0.2) is 0 Å². The number of rotatable bonds is 4. The van der Waals surface area contributed by atoms with Crippen molar-refractivity contribution in [1.29, 1.82) is 0 Å². The van der Waals surface area contributed by atoms with E-state index in [1.54, 1.807) is 11.9 Å². The first-order valence-electron chi connectivity index (χ1n) is 6.18. The first-order valence-corrected chi connectivity index (χ1v) is 6.18. The molecule has 1 saturated carbocycles. The molecule has 18 heavy (non-hydrogen) atoms. The molecule has 1 aromatic rings. The van der Waals surface area contributed by atoms with Gasteiger partial charge in [0.1, 0.15) is 0 Å². The maximum atomic E-state index is 11.8. The van der Waals surface area contributed by atoms with Crippen LogP contribution in [0.4, 0.5) is 5.69 Å². The van der Waals surface area contributed by atoms with Crippen molar-refractivity contribution in [3.8, 4) is 0 Å². The van der Waals surface area contributed by atoms with Crippen LogP contribution in [0.2, 0.25) is 0 Å². The minimum Gasteiger partial charge on any atom is -0.342 e. The van der Waals surface area contributed by atoms with Crippen molar-refractivity contribution in [2.75, 3.05) is 12.4 Å². The van der Waals surface area contributed by atoms with E-state index in [1.807, 2.05) is 24.3 Å². The number of hydrogen-bond donors (Lipinski definition) is 1. The van der Waals surface area contributed by atoms with Gasteiger partial charge < -0.3 is 10.2 Å². The van der Waals surface area contributed by atoms with Gasteiger partial charge in [0.2, 0.25) is 11.8 Å². The number of hydrogen-bond acceptors (Lipinski definition) is 2. The predicted octanol–water partition coefficient (Wildman–Crippen LogP) is 2.01. The van der Waals surface area contributed by atoms with Crippen LogP contribution in [0.3, 0.4) is 0 Å². The monoisotopic (exact) mass is 246 g/mol. The summed E-state index contributed by atoms with van der Waals surface area (Å²) in [6, 6.07) is 7.61. The van der Waals surface area contributed by atoms with Crippen LogP contribution in [0, 0.1) is 5.92 Å². The van der Waals surface area contributed by atoms with Crippen LogP contribution >= 0.6 is 0 Å². The molecule has 0 radical (unpaired) electrons. The molecule has 0 bridgehead atoms. The Labute approximate surface area is 107 Å². The molecule has 4 nitrogen and oxygen atoms in total. The van der Waals surface area contributed by atoms with Crippen molar-refractivity contribution in [3.05, 3.63) is 29.8 Å². The Morgan fingerprint density at radius 1 is 1.33 bits per heavy atom. The zero-order valence-corrected chi connectivity index (χ0v) is 10.8. The van der Waals surface area contributed by atoms with Crippen LogP contribution in [-0.4, -0.2) is 23.8 Å². The van der Waals surface area contributed by atoms with Crippen molar-refractivity contribution >= 4 is 17.5 Å². The van der Waals surface area contributed by atoms with E-state index in [9.17, 15) is 9.59 Å². The van der Waals surface area contributed by atoms with Gasteiger partial charge in [-0.15, -0.1) is 0 Å². The molecular weight excluding hydrogens is 228 g/mol. The average molecular weight is 246 g/mol. The first kappa shape index (κ1) is 12.6. The Morgan fingerprint density at radius 3 is 2.61 bits per heavy atom. The van der Waals surface area contributed by atoms with E-state index in [4.69, 9.17) is 0 Å². The summed E-state index contributed by atoms with van der Waals surface area (Å²) in [4.78, 5) is 24.6. The smallest absolute Gasteiger partial charge is 0.227 e. The highest BCUT2D eigenvalue weighted by atomic mass is 16.2. The van der Waals surface area contributed by atoms with Gasteiger partial charge in [0.25, 0.3) is 0 Å². The number of para-hydroxylation sites is 1. The summed E-state index contributed by atoms with van der Waals surface area (Å²) in [6.07, 6.45) is 1.97. The number of nitrogens with zero attached hydrogens (tertiary/aromatic N) is 1. The van der Waals surface area contributed by atoms with Gasteiger partial charge in [-0.25, -0.2) is 0 Å². The Morgan fingerprint density at radius 2 is 2.00 bits per heavy atom. The van der Waals surface area contributed by atoms with E-state index in [-0.39, 0.29) is 17.7 Å². The second-order valence-corrected chi connectivity index (χ2v) is 4.80. The largest absolute Gasteiger partial charge is 0.342 e. The van der Waals surface area contributed by atoms with Gasteiger partial charge in [0.05, 0.1) is 0 Å². The van der Waals surface area contributed by atoms with E-state index in [2.05, 4.69) is 5.32 Å². The van der Waals surface area contributed by atoms with Crippen LogP contribution in [0.25, 0.3) is 0 Å². The normalized spacial score (nSPS) is 14.1. The molecular formula is C14H18N2O2. The van der Waals surface area contributed by atoms with E-state index < -0.39 is 0 Å². The fourth-order valence-electron chi connectivity index (χ4n) is 1.73. The minimum absolute atomic E-state index is 0.0123. The Bertz CT molecular complexity index is 467. The standard InChI is InChI=1S/C14H18N2O2/c1-10(17)16(2)9-12-5-3-4-6-13(12)15-14(18)11-7-8-11/h3-6,11H,7-9H2,1-2H3,(H,15,18). The quantitative estimate of drug-likeness (QED) is 0.883. The number of amides is 2. The summed E-state index contributed by atoms with van der Waals surface area (Å²) in [5, 5.41) is 2.94. The summed E-state index contributed by atoms with van der Waals surface area (Å²) in [6.45, 7) is 2.04. The fraction of sp³-hybridized carbons (Fsp3) is 0.429. The fourth-order valence-corrected chi connectivity index (χ4v) is 1.73.